The van der Waals surface area contributed by atoms with E-state index in [9.17, 15) is 13.5 Å². The molecule has 0 amide bonds. The quantitative estimate of drug-likeness (QED) is 0.793. The largest absolute Gasteiger partial charge is 0.508 e. The molecule has 2 aromatic carbocycles. The number of phenolic OH excluding ortho intramolecular Hbond substituents is 1. The highest BCUT2D eigenvalue weighted by Gasteiger charge is 2.13. The van der Waals surface area contributed by atoms with E-state index in [1.165, 1.54) is 23.5 Å². The highest BCUT2D eigenvalue weighted by atomic mass is 32.2. The fourth-order valence-corrected chi connectivity index (χ4v) is 3.94. The number of hydrogen-bond donors (Lipinski definition) is 1. The van der Waals surface area contributed by atoms with Gasteiger partial charge < -0.3 is 5.11 Å². The first kappa shape index (κ1) is 15.5. The van der Waals surface area contributed by atoms with Crippen molar-refractivity contribution < 1.29 is 13.5 Å². The van der Waals surface area contributed by atoms with Crippen molar-refractivity contribution in [2.75, 3.05) is 0 Å². The third-order valence-electron chi connectivity index (χ3n) is 3.23. The predicted octanol–water partition coefficient (Wildman–Crippen LogP) is 2.84. The summed E-state index contributed by atoms with van der Waals surface area (Å²) < 4.78 is 30.5. The lowest BCUT2D eigenvalue weighted by molar-refractivity contribution is 0.475. The third kappa shape index (κ3) is 3.35. The van der Waals surface area contributed by atoms with Crippen molar-refractivity contribution in [3.8, 4) is 11.4 Å². The molecule has 0 atom stereocenters. The molecule has 0 radical (unpaired) electrons. The maximum absolute atomic E-state index is 12.4. The Morgan fingerprint density at radius 3 is 2.35 bits per heavy atom. The van der Waals surface area contributed by atoms with E-state index >= 15 is 0 Å². The fraction of sp³-hybridized carbons (Fsp3) is 0.0625. The SMILES string of the molecule is Cc1ccc(S(=O)(=O)/N=c2/sccn2-c2ccc(O)cc2)cc1. The van der Waals surface area contributed by atoms with Gasteiger partial charge in [0.2, 0.25) is 4.80 Å². The van der Waals surface area contributed by atoms with Gasteiger partial charge in [0.25, 0.3) is 10.0 Å². The van der Waals surface area contributed by atoms with Gasteiger partial charge in [0.05, 0.1) is 4.90 Å². The molecule has 0 saturated heterocycles. The lowest BCUT2D eigenvalue weighted by Gasteiger charge is -2.03. The molecule has 5 nitrogen and oxygen atoms in total. The van der Waals surface area contributed by atoms with Gasteiger partial charge >= 0.3 is 0 Å². The Balaban J connectivity index is 2.08. The Kier molecular flexibility index (Phi) is 4.06. The van der Waals surface area contributed by atoms with Crippen LogP contribution >= 0.6 is 11.3 Å². The zero-order valence-electron chi connectivity index (χ0n) is 12.2. The average Bonchev–Trinajstić information content (AvgIpc) is 2.96. The summed E-state index contributed by atoms with van der Waals surface area (Å²) in [5.74, 6) is 0.148. The second-order valence-corrected chi connectivity index (χ2v) is 7.43. The van der Waals surface area contributed by atoms with E-state index < -0.39 is 10.0 Å². The Morgan fingerprint density at radius 1 is 1.04 bits per heavy atom. The molecule has 0 bridgehead atoms. The molecule has 3 aromatic rings. The first-order chi connectivity index (χ1) is 11.0. The number of sulfonamides is 1. The number of aromatic nitrogens is 1. The van der Waals surface area contributed by atoms with Crippen molar-refractivity contribution in [3.63, 3.8) is 0 Å². The van der Waals surface area contributed by atoms with Crippen LogP contribution in [0.15, 0.2) is 69.4 Å². The number of thiazole rings is 1. The van der Waals surface area contributed by atoms with Gasteiger partial charge in [-0.25, -0.2) is 0 Å². The van der Waals surface area contributed by atoms with E-state index in [1.807, 2.05) is 6.92 Å². The summed E-state index contributed by atoms with van der Waals surface area (Å²) in [6.07, 6.45) is 1.74. The van der Waals surface area contributed by atoms with E-state index in [2.05, 4.69) is 4.40 Å². The van der Waals surface area contributed by atoms with Crippen LogP contribution in [0.1, 0.15) is 5.56 Å². The van der Waals surface area contributed by atoms with Gasteiger partial charge in [0, 0.05) is 17.3 Å². The lowest BCUT2D eigenvalue weighted by Crippen LogP contribution is -2.14. The minimum atomic E-state index is -3.77. The summed E-state index contributed by atoms with van der Waals surface area (Å²) in [4.78, 5) is 0.505. The van der Waals surface area contributed by atoms with Crippen LogP contribution in [0, 0.1) is 6.92 Å². The van der Waals surface area contributed by atoms with E-state index in [4.69, 9.17) is 0 Å². The maximum atomic E-state index is 12.4. The van der Waals surface area contributed by atoms with Crippen LogP contribution in [0.5, 0.6) is 5.75 Å². The number of nitrogens with zero attached hydrogens (tertiary/aromatic N) is 2. The smallest absolute Gasteiger partial charge is 0.285 e. The van der Waals surface area contributed by atoms with Crippen molar-refractivity contribution in [1.29, 1.82) is 0 Å². The number of aryl methyl sites for hydroxylation is 1. The number of aromatic hydroxyl groups is 1. The number of rotatable bonds is 3. The van der Waals surface area contributed by atoms with Crippen LogP contribution in [0.25, 0.3) is 5.69 Å². The van der Waals surface area contributed by atoms with Crippen molar-refractivity contribution >= 4 is 21.4 Å². The third-order valence-corrected chi connectivity index (χ3v) is 5.39. The molecule has 7 heteroatoms. The normalized spacial score (nSPS) is 12.5. The molecular weight excluding hydrogens is 332 g/mol. The number of benzene rings is 2. The summed E-state index contributed by atoms with van der Waals surface area (Å²) in [7, 11) is -3.77. The summed E-state index contributed by atoms with van der Waals surface area (Å²) >= 11 is 1.23. The highest BCUT2D eigenvalue weighted by Crippen LogP contribution is 2.15. The van der Waals surface area contributed by atoms with Crippen molar-refractivity contribution in [2.24, 2.45) is 4.40 Å². The van der Waals surface area contributed by atoms with Crippen molar-refractivity contribution in [1.82, 2.24) is 4.57 Å². The molecular formula is C16H14N2O3S2. The molecule has 0 aliphatic rings. The van der Waals surface area contributed by atoms with Crippen molar-refractivity contribution in [3.05, 3.63) is 70.5 Å². The van der Waals surface area contributed by atoms with Gasteiger partial charge in [-0.15, -0.1) is 15.7 Å². The molecule has 0 spiro atoms. The molecule has 0 unspecified atom stereocenters. The Hall–Kier alpha value is -2.38. The van der Waals surface area contributed by atoms with E-state index in [0.29, 0.717) is 4.80 Å². The molecule has 1 heterocycles. The van der Waals surface area contributed by atoms with Gasteiger partial charge in [-0.3, -0.25) is 4.57 Å². The molecule has 0 aliphatic heterocycles. The lowest BCUT2D eigenvalue weighted by atomic mass is 10.2. The Morgan fingerprint density at radius 2 is 1.70 bits per heavy atom. The molecule has 23 heavy (non-hydrogen) atoms. The van der Waals surface area contributed by atoms with Crippen LogP contribution in [0.3, 0.4) is 0 Å². The molecule has 0 saturated carbocycles. The summed E-state index contributed by atoms with van der Waals surface area (Å²) in [5, 5.41) is 11.1. The first-order valence-corrected chi connectivity index (χ1v) is 9.11. The van der Waals surface area contributed by atoms with Gasteiger partial charge in [-0.1, -0.05) is 17.7 Å². The average molecular weight is 346 g/mol. The van der Waals surface area contributed by atoms with Crippen LogP contribution < -0.4 is 4.80 Å². The molecule has 118 valence electrons. The minimum absolute atomic E-state index is 0.148. The van der Waals surface area contributed by atoms with Crippen LogP contribution in [0.4, 0.5) is 0 Å². The van der Waals surface area contributed by atoms with Gasteiger partial charge in [0.1, 0.15) is 5.75 Å². The highest BCUT2D eigenvalue weighted by molar-refractivity contribution is 7.90. The zero-order valence-corrected chi connectivity index (χ0v) is 13.9. The van der Waals surface area contributed by atoms with Gasteiger partial charge in [0.15, 0.2) is 0 Å². The second-order valence-electron chi connectivity index (χ2n) is 4.95. The monoisotopic (exact) mass is 346 g/mol. The summed E-state index contributed by atoms with van der Waals surface area (Å²) in [6.45, 7) is 1.89. The standard InChI is InChI=1S/C16H14N2O3S2/c1-12-2-8-15(9-3-12)23(20,21)17-16-18(10-11-22-16)13-4-6-14(19)7-5-13/h2-11,19H,1H3/b17-16+. The first-order valence-electron chi connectivity index (χ1n) is 6.79. The topological polar surface area (TPSA) is 71.7 Å². The Bertz CT molecular complexity index is 983. The van der Waals surface area contributed by atoms with Crippen LogP contribution in [-0.4, -0.2) is 18.1 Å². The second kappa shape index (κ2) is 6.02. The Labute approximate surface area is 137 Å². The molecule has 0 aliphatic carbocycles. The minimum Gasteiger partial charge on any atom is -0.508 e. The van der Waals surface area contributed by atoms with Crippen molar-refractivity contribution in [2.45, 2.75) is 11.8 Å². The number of hydrogen-bond acceptors (Lipinski definition) is 4. The molecule has 1 aromatic heterocycles. The maximum Gasteiger partial charge on any atom is 0.285 e. The van der Waals surface area contributed by atoms with E-state index in [0.717, 1.165) is 11.3 Å². The molecule has 3 rings (SSSR count). The zero-order chi connectivity index (χ0) is 16.4. The molecule has 0 fully saturated rings. The predicted molar refractivity (Wildman–Crippen MR) is 89.2 cm³/mol. The van der Waals surface area contributed by atoms with Crippen LogP contribution in [-0.2, 0) is 10.0 Å². The molecule has 1 N–H and O–H groups in total. The van der Waals surface area contributed by atoms with Crippen LogP contribution in [0.2, 0.25) is 0 Å². The van der Waals surface area contributed by atoms with E-state index in [1.54, 1.807) is 52.5 Å². The van der Waals surface area contributed by atoms with Gasteiger partial charge in [-0.2, -0.15) is 8.42 Å². The van der Waals surface area contributed by atoms with E-state index in [-0.39, 0.29) is 10.6 Å². The fourth-order valence-electron chi connectivity index (χ4n) is 2.01. The van der Waals surface area contributed by atoms with Gasteiger partial charge in [-0.05, 0) is 43.3 Å². The summed E-state index contributed by atoms with van der Waals surface area (Å²) in [6, 6.07) is 13.0. The number of phenols is 1. The summed E-state index contributed by atoms with van der Waals surface area (Å²) in [5.41, 5.74) is 1.71.